The number of hydrogen-bond donors (Lipinski definition) is 1. The molecule has 4 nitrogen and oxygen atoms in total. The normalized spacial score (nSPS) is 26.8. The zero-order valence-corrected chi connectivity index (χ0v) is 15.6. The second-order valence-corrected chi connectivity index (χ2v) is 7.61. The van der Waals surface area contributed by atoms with Gasteiger partial charge in [0, 0.05) is 30.4 Å². The van der Waals surface area contributed by atoms with Gasteiger partial charge in [0.2, 0.25) is 5.91 Å². The summed E-state index contributed by atoms with van der Waals surface area (Å²) in [5.41, 5.74) is 3.32. The smallest absolute Gasteiger partial charge is 0.221 e. The summed E-state index contributed by atoms with van der Waals surface area (Å²) in [6.07, 6.45) is 4.09. The number of amides is 1. The third-order valence-electron chi connectivity index (χ3n) is 5.14. The third kappa shape index (κ3) is 2.52. The van der Waals surface area contributed by atoms with Crippen molar-refractivity contribution >= 4 is 35.0 Å². The monoisotopic (exact) mass is 368 g/mol. The number of rotatable bonds is 3. The molecule has 0 spiro atoms. The molecule has 0 saturated carbocycles. The molecule has 26 heavy (non-hydrogen) atoms. The fourth-order valence-electron chi connectivity index (χ4n) is 3.91. The van der Waals surface area contributed by atoms with Gasteiger partial charge in [-0.3, -0.25) is 4.79 Å². The van der Waals surface area contributed by atoms with Crippen molar-refractivity contribution in [2.24, 2.45) is 0 Å². The van der Waals surface area contributed by atoms with E-state index in [9.17, 15) is 4.79 Å². The van der Waals surface area contributed by atoms with Crippen LogP contribution >= 0.6 is 11.6 Å². The minimum absolute atomic E-state index is 0.0798. The van der Waals surface area contributed by atoms with E-state index in [1.54, 1.807) is 0 Å². The van der Waals surface area contributed by atoms with E-state index in [2.05, 4.69) is 28.4 Å². The average molecular weight is 369 g/mol. The number of alkyl halides is 1. The predicted molar refractivity (Wildman–Crippen MR) is 105 cm³/mol. The van der Waals surface area contributed by atoms with E-state index >= 15 is 0 Å². The Hall–Kier alpha value is -2.30. The molecule has 2 atom stereocenters. The highest BCUT2D eigenvalue weighted by atomic mass is 35.5. The van der Waals surface area contributed by atoms with E-state index in [0.717, 1.165) is 29.0 Å². The molecular weight excluding hydrogens is 348 g/mol. The van der Waals surface area contributed by atoms with Crippen LogP contribution in [0.1, 0.15) is 25.0 Å². The number of ether oxygens (including phenoxy) is 1. The Bertz CT molecular complexity index is 876. The van der Waals surface area contributed by atoms with Gasteiger partial charge in [0.15, 0.2) is 5.72 Å². The molecule has 2 aliphatic rings. The number of halogens is 1. The van der Waals surface area contributed by atoms with Crippen LogP contribution in [0.5, 0.6) is 0 Å². The van der Waals surface area contributed by atoms with Crippen molar-refractivity contribution in [2.45, 2.75) is 24.4 Å². The van der Waals surface area contributed by atoms with E-state index in [-0.39, 0.29) is 5.91 Å². The van der Waals surface area contributed by atoms with Crippen LogP contribution < -0.4 is 10.2 Å². The van der Waals surface area contributed by atoms with E-state index in [1.165, 1.54) is 6.92 Å². The maximum absolute atomic E-state index is 11.1. The lowest BCUT2D eigenvalue weighted by atomic mass is 9.91. The summed E-state index contributed by atoms with van der Waals surface area (Å²) in [7, 11) is 0. The summed E-state index contributed by atoms with van der Waals surface area (Å²) < 4.78 is 6.21. The van der Waals surface area contributed by atoms with Gasteiger partial charge in [-0.15, -0.1) is 11.6 Å². The standard InChI is InChI=1S/C21H21ClN2O2/c1-15(25)23-17-9-7-16(8-10-17)11-12-21-20(2,22)18-5-3-4-6-19(18)24(21)13-14-26-21/h3-12H,13-14H2,1-2H3,(H,23,25)/b12-11+. The highest BCUT2D eigenvalue weighted by molar-refractivity contribution is 6.26. The summed E-state index contributed by atoms with van der Waals surface area (Å²) in [5, 5.41) is 2.77. The Morgan fingerprint density at radius 1 is 1.23 bits per heavy atom. The molecule has 1 amide bonds. The molecular formula is C21H21ClN2O2. The second-order valence-electron chi connectivity index (χ2n) is 6.85. The first-order valence-electron chi connectivity index (χ1n) is 8.71. The zero-order valence-electron chi connectivity index (χ0n) is 14.8. The van der Waals surface area contributed by atoms with Crippen LogP contribution in [0.15, 0.2) is 54.6 Å². The van der Waals surface area contributed by atoms with Gasteiger partial charge in [-0.25, -0.2) is 0 Å². The first-order valence-corrected chi connectivity index (χ1v) is 9.09. The van der Waals surface area contributed by atoms with Gasteiger partial charge in [-0.1, -0.05) is 36.4 Å². The van der Waals surface area contributed by atoms with Gasteiger partial charge < -0.3 is 15.0 Å². The molecule has 5 heteroatoms. The quantitative estimate of drug-likeness (QED) is 0.818. The fraction of sp³-hybridized carbons (Fsp3) is 0.286. The topological polar surface area (TPSA) is 41.6 Å². The Labute approximate surface area is 158 Å². The SMILES string of the molecule is CC(=O)Nc1ccc(/C=C/C23OCCN2c2ccccc2C3(C)Cl)cc1. The molecule has 1 N–H and O–H groups in total. The molecule has 2 aliphatic heterocycles. The Morgan fingerprint density at radius 3 is 2.69 bits per heavy atom. The molecule has 0 radical (unpaired) electrons. The molecule has 4 rings (SSSR count). The van der Waals surface area contributed by atoms with Crippen LogP contribution in [0.2, 0.25) is 0 Å². The number of carbonyl (C=O) groups is 1. The molecule has 134 valence electrons. The maximum Gasteiger partial charge on any atom is 0.221 e. The summed E-state index contributed by atoms with van der Waals surface area (Å²) in [6, 6.07) is 15.9. The number of nitrogens with zero attached hydrogens (tertiary/aromatic N) is 1. The van der Waals surface area contributed by atoms with Gasteiger partial charge in [-0.05, 0) is 36.8 Å². The van der Waals surface area contributed by atoms with Crippen LogP contribution in [-0.2, 0) is 14.4 Å². The number of hydrogen-bond acceptors (Lipinski definition) is 3. The molecule has 0 bridgehead atoms. The molecule has 2 unspecified atom stereocenters. The first-order chi connectivity index (χ1) is 12.4. The van der Waals surface area contributed by atoms with Crippen LogP contribution in [0.3, 0.4) is 0 Å². The number of carbonyl (C=O) groups excluding carboxylic acids is 1. The second kappa shape index (κ2) is 6.15. The molecule has 2 heterocycles. The van der Waals surface area contributed by atoms with E-state index in [0.29, 0.717) is 6.61 Å². The number of para-hydroxylation sites is 1. The summed E-state index contributed by atoms with van der Waals surface area (Å²) >= 11 is 7.04. The third-order valence-corrected chi connectivity index (χ3v) is 5.62. The molecule has 2 aromatic carbocycles. The largest absolute Gasteiger partial charge is 0.348 e. The Morgan fingerprint density at radius 2 is 1.96 bits per heavy atom. The highest BCUT2D eigenvalue weighted by Crippen LogP contribution is 2.57. The number of nitrogens with one attached hydrogen (secondary N) is 1. The minimum Gasteiger partial charge on any atom is -0.348 e. The van der Waals surface area contributed by atoms with Crippen molar-refractivity contribution in [3.63, 3.8) is 0 Å². The van der Waals surface area contributed by atoms with Crippen molar-refractivity contribution in [2.75, 3.05) is 23.4 Å². The summed E-state index contributed by atoms with van der Waals surface area (Å²) in [5.74, 6) is -0.0798. The fourth-order valence-corrected chi connectivity index (χ4v) is 4.29. The van der Waals surface area contributed by atoms with Crippen LogP contribution in [0, 0.1) is 0 Å². The van der Waals surface area contributed by atoms with E-state index in [1.807, 2.05) is 49.4 Å². The molecule has 0 aromatic heterocycles. The van der Waals surface area contributed by atoms with E-state index in [4.69, 9.17) is 16.3 Å². The summed E-state index contributed by atoms with van der Waals surface area (Å²) in [4.78, 5) is 12.7. The van der Waals surface area contributed by atoms with Crippen LogP contribution in [0.25, 0.3) is 6.08 Å². The molecule has 1 saturated heterocycles. The average Bonchev–Trinajstić information content (AvgIpc) is 3.12. The zero-order chi connectivity index (χ0) is 18.4. The number of fused-ring (bicyclic) bond motifs is 3. The van der Waals surface area contributed by atoms with Crippen molar-refractivity contribution in [3.8, 4) is 0 Å². The molecule has 0 aliphatic carbocycles. The molecule has 1 fully saturated rings. The van der Waals surface area contributed by atoms with Crippen molar-refractivity contribution < 1.29 is 9.53 Å². The summed E-state index contributed by atoms with van der Waals surface area (Å²) in [6.45, 7) is 4.97. The van der Waals surface area contributed by atoms with Gasteiger partial charge >= 0.3 is 0 Å². The lowest BCUT2D eigenvalue weighted by Gasteiger charge is -2.38. The number of anilines is 2. The van der Waals surface area contributed by atoms with Crippen LogP contribution in [0.4, 0.5) is 11.4 Å². The van der Waals surface area contributed by atoms with Crippen LogP contribution in [-0.4, -0.2) is 24.8 Å². The van der Waals surface area contributed by atoms with Gasteiger partial charge in [0.25, 0.3) is 0 Å². The predicted octanol–water partition coefficient (Wildman–Crippen LogP) is 4.36. The van der Waals surface area contributed by atoms with Gasteiger partial charge in [-0.2, -0.15) is 0 Å². The maximum atomic E-state index is 11.1. The lowest BCUT2D eigenvalue weighted by molar-refractivity contribution is -0.114. The Kier molecular flexibility index (Phi) is 4.05. The lowest BCUT2D eigenvalue weighted by Crippen LogP contribution is -2.50. The van der Waals surface area contributed by atoms with Crippen molar-refractivity contribution in [1.29, 1.82) is 0 Å². The first kappa shape index (κ1) is 17.1. The molecule has 2 aromatic rings. The Balaban J connectivity index is 1.67. The van der Waals surface area contributed by atoms with Crippen molar-refractivity contribution in [3.05, 3.63) is 65.7 Å². The number of benzene rings is 2. The van der Waals surface area contributed by atoms with Gasteiger partial charge in [0.1, 0.15) is 4.87 Å². The highest BCUT2D eigenvalue weighted by Gasteiger charge is 2.60. The van der Waals surface area contributed by atoms with E-state index < -0.39 is 10.6 Å². The van der Waals surface area contributed by atoms with Crippen molar-refractivity contribution in [1.82, 2.24) is 0 Å². The van der Waals surface area contributed by atoms with Gasteiger partial charge in [0.05, 0.1) is 6.61 Å². The minimum atomic E-state index is -0.700.